The van der Waals surface area contributed by atoms with E-state index in [1.165, 1.54) is 5.56 Å². The maximum absolute atomic E-state index is 10.9. The van der Waals surface area contributed by atoms with Crippen LogP contribution in [0.15, 0.2) is 60.7 Å². The Morgan fingerprint density at radius 3 is 1.79 bits per heavy atom. The molecular weight excluding hydrogens is 232 g/mol. The first-order valence-corrected chi connectivity index (χ1v) is 7.03. The predicted molar refractivity (Wildman–Crippen MR) is 80.1 cm³/mol. The summed E-state index contributed by atoms with van der Waals surface area (Å²) >= 11 is 0. The molecule has 2 aromatic rings. The molecule has 0 fully saturated rings. The van der Waals surface area contributed by atoms with Gasteiger partial charge in [-0.05, 0) is 24.0 Å². The molecule has 0 saturated carbocycles. The predicted octanol–water partition coefficient (Wildman–Crippen LogP) is 4.48. The molecule has 0 unspecified atom stereocenters. The zero-order valence-electron chi connectivity index (χ0n) is 11.7. The van der Waals surface area contributed by atoms with Gasteiger partial charge in [-0.25, -0.2) is 0 Å². The first-order valence-electron chi connectivity index (χ1n) is 7.03. The molecule has 0 saturated heterocycles. The Hall–Kier alpha value is -1.60. The highest BCUT2D eigenvalue weighted by molar-refractivity contribution is 5.31. The summed E-state index contributed by atoms with van der Waals surface area (Å²) in [4.78, 5) is 0. The van der Waals surface area contributed by atoms with E-state index in [2.05, 4.69) is 26.0 Å². The van der Waals surface area contributed by atoms with Crippen molar-refractivity contribution in [3.63, 3.8) is 0 Å². The van der Waals surface area contributed by atoms with Crippen LogP contribution in [0.3, 0.4) is 0 Å². The van der Waals surface area contributed by atoms with Crippen LogP contribution in [0.1, 0.15) is 43.9 Å². The van der Waals surface area contributed by atoms with Gasteiger partial charge in [-0.2, -0.15) is 0 Å². The third kappa shape index (κ3) is 2.57. The maximum Gasteiger partial charge on any atom is 0.0886 e. The van der Waals surface area contributed by atoms with Crippen LogP contribution in [0, 0.1) is 0 Å². The van der Waals surface area contributed by atoms with Crippen LogP contribution >= 0.6 is 0 Å². The second-order valence-electron chi connectivity index (χ2n) is 5.04. The Kier molecular flexibility index (Phi) is 4.39. The molecule has 0 aliphatic heterocycles. The molecule has 100 valence electrons. The van der Waals surface area contributed by atoms with E-state index in [0.717, 1.165) is 18.4 Å². The number of benzene rings is 2. The first kappa shape index (κ1) is 13.8. The van der Waals surface area contributed by atoms with Gasteiger partial charge in [0.1, 0.15) is 0 Å². The minimum atomic E-state index is -0.467. The highest BCUT2D eigenvalue weighted by Gasteiger charge is 2.37. The van der Waals surface area contributed by atoms with Crippen molar-refractivity contribution < 1.29 is 5.11 Å². The molecular formula is C18H22O. The smallest absolute Gasteiger partial charge is 0.0886 e. The highest BCUT2D eigenvalue weighted by Crippen LogP contribution is 2.42. The van der Waals surface area contributed by atoms with Crippen LogP contribution in [0.25, 0.3) is 0 Å². The molecule has 0 aliphatic carbocycles. The van der Waals surface area contributed by atoms with Crippen molar-refractivity contribution in [2.75, 3.05) is 0 Å². The van der Waals surface area contributed by atoms with E-state index >= 15 is 0 Å². The summed E-state index contributed by atoms with van der Waals surface area (Å²) in [6.07, 6.45) is 1.37. The molecule has 1 N–H and O–H groups in total. The molecule has 0 amide bonds. The lowest BCUT2D eigenvalue weighted by Crippen LogP contribution is -2.32. The van der Waals surface area contributed by atoms with E-state index in [9.17, 15) is 5.11 Å². The van der Waals surface area contributed by atoms with Crippen LogP contribution in [0.2, 0.25) is 0 Å². The molecule has 0 aliphatic rings. The zero-order chi connectivity index (χ0) is 13.7. The Balaban J connectivity index is 2.45. The molecule has 1 heteroatoms. The van der Waals surface area contributed by atoms with Crippen LogP contribution in [-0.2, 0) is 5.41 Å². The monoisotopic (exact) mass is 254 g/mol. The third-order valence-electron chi connectivity index (χ3n) is 4.25. The molecule has 2 aromatic carbocycles. The minimum absolute atomic E-state index is 0.206. The Bertz CT molecular complexity index is 486. The fourth-order valence-corrected chi connectivity index (χ4v) is 2.93. The van der Waals surface area contributed by atoms with Gasteiger partial charge in [0.2, 0.25) is 0 Å². The highest BCUT2D eigenvalue weighted by atomic mass is 16.3. The molecule has 0 radical (unpaired) electrons. The lowest BCUT2D eigenvalue weighted by Gasteiger charge is -2.37. The van der Waals surface area contributed by atoms with Crippen molar-refractivity contribution in [3.8, 4) is 0 Å². The number of hydrogen-bond donors (Lipinski definition) is 1. The summed E-state index contributed by atoms with van der Waals surface area (Å²) in [7, 11) is 0. The summed E-state index contributed by atoms with van der Waals surface area (Å²) in [5, 5.41) is 10.9. The molecule has 0 aromatic heterocycles. The van der Waals surface area contributed by atoms with Crippen LogP contribution < -0.4 is 0 Å². The van der Waals surface area contributed by atoms with Crippen LogP contribution in [-0.4, -0.2) is 5.11 Å². The fourth-order valence-electron chi connectivity index (χ4n) is 2.93. The van der Waals surface area contributed by atoms with Crippen LogP contribution in [0.4, 0.5) is 0 Å². The molecule has 0 spiro atoms. The van der Waals surface area contributed by atoms with Crippen molar-refractivity contribution >= 4 is 0 Å². The van der Waals surface area contributed by atoms with Gasteiger partial charge in [0.25, 0.3) is 0 Å². The Labute approximate surface area is 115 Å². The van der Waals surface area contributed by atoms with Gasteiger partial charge in [-0.3, -0.25) is 0 Å². The molecule has 0 heterocycles. The summed E-state index contributed by atoms with van der Waals surface area (Å²) in [6.45, 7) is 4.31. The van der Waals surface area contributed by atoms with Crippen molar-refractivity contribution in [2.45, 2.75) is 38.2 Å². The summed E-state index contributed by atoms with van der Waals surface area (Å²) in [5.74, 6) is 0. The van der Waals surface area contributed by atoms with Gasteiger partial charge < -0.3 is 5.11 Å². The van der Waals surface area contributed by atoms with Gasteiger partial charge >= 0.3 is 0 Å². The van der Waals surface area contributed by atoms with E-state index in [1.807, 2.05) is 48.5 Å². The second-order valence-corrected chi connectivity index (χ2v) is 5.04. The standard InChI is InChI=1S/C18H22O/c1-3-18(4-2,16-13-9-6-10-14-16)17(19)15-11-7-5-8-12-15/h5-14,17,19H,3-4H2,1-2H3/t17-/m1/s1. The Morgan fingerprint density at radius 1 is 0.842 bits per heavy atom. The summed E-state index contributed by atoms with van der Waals surface area (Å²) in [6, 6.07) is 20.3. The van der Waals surface area contributed by atoms with Crippen LogP contribution in [0.5, 0.6) is 0 Å². The van der Waals surface area contributed by atoms with Gasteiger partial charge in [0.15, 0.2) is 0 Å². The number of aliphatic hydroxyl groups is 1. The van der Waals surface area contributed by atoms with E-state index in [1.54, 1.807) is 0 Å². The normalized spacial score (nSPS) is 13.2. The number of rotatable bonds is 5. The number of aliphatic hydroxyl groups excluding tert-OH is 1. The SMILES string of the molecule is CCC(CC)(c1ccccc1)[C@H](O)c1ccccc1. The van der Waals surface area contributed by atoms with Crippen molar-refractivity contribution in [3.05, 3.63) is 71.8 Å². The second kappa shape index (κ2) is 6.03. The average Bonchev–Trinajstić information content (AvgIpc) is 2.51. The average molecular weight is 254 g/mol. The van der Waals surface area contributed by atoms with Gasteiger partial charge in [-0.15, -0.1) is 0 Å². The zero-order valence-corrected chi connectivity index (χ0v) is 11.7. The lowest BCUT2D eigenvalue weighted by atomic mass is 9.69. The van der Waals surface area contributed by atoms with E-state index < -0.39 is 6.10 Å². The fraction of sp³-hybridized carbons (Fsp3) is 0.333. The summed E-state index contributed by atoms with van der Waals surface area (Å²) < 4.78 is 0. The van der Waals surface area contributed by atoms with E-state index in [0.29, 0.717) is 0 Å². The van der Waals surface area contributed by atoms with E-state index in [4.69, 9.17) is 0 Å². The van der Waals surface area contributed by atoms with Crippen molar-refractivity contribution in [2.24, 2.45) is 0 Å². The van der Waals surface area contributed by atoms with Crippen molar-refractivity contribution in [1.29, 1.82) is 0 Å². The Morgan fingerprint density at radius 2 is 1.32 bits per heavy atom. The van der Waals surface area contributed by atoms with Gasteiger partial charge in [0.05, 0.1) is 6.10 Å². The lowest BCUT2D eigenvalue weighted by molar-refractivity contribution is 0.0727. The van der Waals surface area contributed by atoms with Crippen molar-refractivity contribution in [1.82, 2.24) is 0 Å². The topological polar surface area (TPSA) is 20.2 Å². The largest absolute Gasteiger partial charge is 0.387 e. The van der Waals surface area contributed by atoms with E-state index in [-0.39, 0.29) is 5.41 Å². The molecule has 19 heavy (non-hydrogen) atoms. The van der Waals surface area contributed by atoms with Gasteiger partial charge in [0, 0.05) is 5.41 Å². The van der Waals surface area contributed by atoms with Gasteiger partial charge in [-0.1, -0.05) is 74.5 Å². The molecule has 1 atom stereocenters. The molecule has 0 bridgehead atoms. The third-order valence-corrected chi connectivity index (χ3v) is 4.25. The number of hydrogen-bond acceptors (Lipinski definition) is 1. The summed E-state index contributed by atoms with van der Waals surface area (Å²) in [5.41, 5.74) is 2.01. The minimum Gasteiger partial charge on any atom is -0.387 e. The quantitative estimate of drug-likeness (QED) is 0.834. The molecule has 1 nitrogen and oxygen atoms in total. The first-order chi connectivity index (χ1) is 9.24. The maximum atomic E-state index is 10.9. The molecule has 2 rings (SSSR count).